The van der Waals surface area contributed by atoms with Crippen LogP contribution in [0.25, 0.3) is 0 Å². The molecule has 2 N–H and O–H groups in total. The number of thioether (sulfide) groups is 1. The molecule has 0 bridgehead atoms. The highest BCUT2D eigenvalue weighted by molar-refractivity contribution is 7.99. The largest absolute Gasteiger partial charge is 0.328 e. The molecular formula is C14H22ClNS. The van der Waals surface area contributed by atoms with Crippen molar-refractivity contribution in [2.45, 2.75) is 44.6 Å². The molecule has 2 atom stereocenters. The summed E-state index contributed by atoms with van der Waals surface area (Å²) in [6.45, 7) is 6.50. The number of hydrogen-bond acceptors (Lipinski definition) is 2. The molecule has 0 radical (unpaired) electrons. The van der Waals surface area contributed by atoms with Crippen molar-refractivity contribution >= 4 is 23.4 Å². The van der Waals surface area contributed by atoms with Gasteiger partial charge < -0.3 is 5.73 Å². The van der Waals surface area contributed by atoms with Crippen LogP contribution in [0.3, 0.4) is 0 Å². The quantitative estimate of drug-likeness (QED) is 0.778. The van der Waals surface area contributed by atoms with E-state index in [4.69, 9.17) is 17.3 Å². The van der Waals surface area contributed by atoms with Gasteiger partial charge in [-0.15, -0.1) is 11.8 Å². The zero-order valence-electron chi connectivity index (χ0n) is 10.9. The number of rotatable bonds is 6. The third kappa shape index (κ3) is 5.33. The van der Waals surface area contributed by atoms with Crippen LogP contribution in [0.15, 0.2) is 23.1 Å². The Morgan fingerprint density at radius 3 is 2.59 bits per heavy atom. The van der Waals surface area contributed by atoms with Crippen molar-refractivity contribution in [1.29, 1.82) is 0 Å². The SMILES string of the molecule is CCC(C)CSc1ccc(CC(C)N)c(Cl)c1. The van der Waals surface area contributed by atoms with Crippen molar-refractivity contribution in [3.05, 3.63) is 28.8 Å². The lowest BCUT2D eigenvalue weighted by atomic mass is 10.1. The molecule has 1 aromatic carbocycles. The Kier molecular flexibility index (Phi) is 6.39. The summed E-state index contributed by atoms with van der Waals surface area (Å²) in [7, 11) is 0. The van der Waals surface area contributed by atoms with Crippen molar-refractivity contribution in [2.75, 3.05) is 5.75 Å². The first-order valence-corrected chi connectivity index (χ1v) is 7.56. The van der Waals surface area contributed by atoms with E-state index in [0.29, 0.717) is 0 Å². The van der Waals surface area contributed by atoms with E-state index in [0.717, 1.165) is 28.7 Å². The lowest BCUT2D eigenvalue weighted by molar-refractivity contribution is 0.637. The molecule has 0 saturated carbocycles. The lowest BCUT2D eigenvalue weighted by Gasteiger charge is -2.11. The van der Waals surface area contributed by atoms with Crippen molar-refractivity contribution in [3.63, 3.8) is 0 Å². The molecule has 3 heteroatoms. The molecular weight excluding hydrogens is 250 g/mol. The second kappa shape index (κ2) is 7.30. The fourth-order valence-corrected chi connectivity index (χ4v) is 2.89. The van der Waals surface area contributed by atoms with Gasteiger partial charge in [-0.2, -0.15) is 0 Å². The first kappa shape index (κ1) is 14.9. The average Bonchev–Trinajstić information content (AvgIpc) is 2.28. The van der Waals surface area contributed by atoms with Gasteiger partial charge in [0, 0.05) is 21.7 Å². The van der Waals surface area contributed by atoms with Gasteiger partial charge in [-0.1, -0.05) is 37.9 Å². The van der Waals surface area contributed by atoms with E-state index in [1.807, 2.05) is 18.7 Å². The van der Waals surface area contributed by atoms with E-state index < -0.39 is 0 Å². The topological polar surface area (TPSA) is 26.0 Å². The van der Waals surface area contributed by atoms with E-state index in [-0.39, 0.29) is 6.04 Å². The third-order valence-corrected chi connectivity index (χ3v) is 4.47. The Balaban J connectivity index is 2.62. The van der Waals surface area contributed by atoms with Gasteiger partial charge in [0.05, 0.1) is 0 Å². The van der Waals surface area contributed by atoms with Gasteiger partial charge in [-0.3, -0.25) is 0 Å². The van der Waals surface area contributed by atoms with Crippen molar-refractivity contribution < 1.29 is 0 Å². The molecule has 0 spiro atoms. The highest BCUT2D eigenvalue weighted by atomic mass is 35.5. The number of halogens is 1. The van der Waals surface area contributed by atoms with Gasteiger partial charge in [0.2, 0.25) is 0 Å². The molecule has 0 aliphatic carbocycles. The maximum Gasteiger partial charge on any atom is 0.0449 e. The molecule has 0 aromatic heterocycles. The normalized spacial score (nSPS) is 14.6. The molecule has 0 saturated heterocycles. The summed E-state index contributed by atoms with van der Waals surface area (Å²) in [4.78, 5) is 1.25. The van der Waals surface area contributed by atoms with Gasteiger partial charge in [0.25, 0.3) is 0 Å². The van der Waals surface area contributed by atoms with Crippen LogP contribution < -0.4 is 5.73 Å². The summed E-state index contributed by atoms with van der Waals surface area (Å²) in [5, 5.41) is 0.844. The van der Waals surface area contributed by atoms with E-state index in [1.165, 1.54) is 11.3 Å². The molecule has 0 amide bonds. The smallest absolute Gasteiger partial charge is 0.0449 e. The van der Waals surface area contributed by atoms with Gasteiger partial charge in [-0.05, 0) is 37.0 Å². The predicted molar refractivity (Wildman–Crippen MR) is 79.0 cm³/mol. The summed E-state index contributed by atoms with van der Waals surface area (Å²) in [5.41, 5.74) is 6.93. The second-order valence-electron chi connectivity index (χ2n) is 4.76. The van der Waals surface area contributed by atoms with Crippen LogP contribution in [-0.2, 0) is 6.42 Å². The molecule has 0 aliphatic rings. The van der Waals surface area contributed by atoms with Gasteiger partial charge in [-0.25, -0.2) is 0 Å². The minimum absolute atomic E-state index is 0.158. The first-order valence-electron chi connectivity index (χ1n) is 6.19. The highest BCUT2D eigenvalue weighted by Gasteiger charge is 2.06. The maximum absolute atomic E-state index is 6.25. The molecule has 1 nitrogen and oxygen atoms in total. The molecule has 17 heavy (non-hydrogen) atoms. The van der Waals surface area contributed by atoms with E-state index in [2.05, 4.69) is 32.0 Å². The van der Waals surface area contributed by atoms with Crippen LogP contribution >= 0.6 is 23.4 Å². The maximum atomic E-state index is 6.25. The number of benzene rings is 1. The monoisotopic (exact) mass is 271 g/mol. The molecule has 0 heterocycles. The van der Waals surface area contributed by atoms with Crippen LogP contribution in [-0.4, -0.2) is 11.8 Å². The molecule has 1 rings (SSSR count). The molecule has 1 aromatic rings. The lowest BCUT2D eigenvalue weighted by Crippen LogP contribution is -2.17. The minimum Gasteiger partial charge on any atom is -0.328 e. The first-order chi connectivity index (χ1) is 8.02. The summed E-state index contributed by atoms with van der Waals surface area (Å²) in [6, 6.07) is 6.47. The Morgan fingerprint density at radius 2 is 2.06 bits per heavy atom. The van der Waals surface area contributed by atoms with Crippen molar-refractivity contribution in [1.82, 2.24) is 0 Å². The molecule has 2 unspecified atom stereocenters. The van der Waals surface area contributed by atoms with Crippen LogP contribution in [0.2, 0.25) is 5.02 Å². The fourth-order valence-electron chi connectivity index (χ4n) is 1.49. The minimum atomic E-state index is 0.158. The summed E-state index contributed by atoms with van der Waals surface area (Å²) in [5.74, 6) is 1.90. The van der Waals surface area contributed by atoms with E-state index >= 15 is 0 Å². The Labute approximate surface area is 114 Å². The van der Waals surface area contributed by atoms with E-state index in [1.54, 1.807) is 0 Å². The van der Waals surface area contributed by atoms with Crippen molar-refractivity contribution in [2.24, 2.45) is 11.7 Å². The van der Waals surface area contributed by atoms with E-state index in [9.17, 15) is 0 Å². The zero-order chi connectivity index (χ0) is 12.8. The van der Waals surface area contributed by atoms with Crippen LogP contribution in [0.4, 0.5) is 0 Å². The zero-order valence-corrected chi connectivity index (χ0v) is 12.4. The third-order valence-electron chi connectivity index (χ3n) is 2.80. The fraction of sp³-hybridized carbons (Fsp3) is 0.571. The Morgan fingerprint density at radius 1 is 1.35 bits per heavy atom. The van der Waals surface area contributed by atoms with Crippen LogP contribution in [0.1, 0.15) is 32.8 Å². The summed E-state index contributed by atoms with van der Waals surface area (Å²) in [6.07, 6.45) is 2.07. The highest BCUT2D eigenvalue weighted by Crippen LogP contribution is 2.27. The molecule has 96 valence electrons. The average molecular weight is 272 g/mol. The number of hydrogen-bond donors (Lipinski definition) is 1. The summed E-state index contributed by atoms with van der Waals surface area (Å²) < 4.78 is 0. The van der Waals surface area contributed by atoms with Gasteiger partial charge >= 0.3 is 0 Å². The van der Waals surface area contributed by atoms with Crippen LogP contribution in [0, 0.1) is 5.92 Å². The predicted octanol–water partition coefficient (Wildman–Crippen LogP) is 4.37. The molecule has 0 aliphatic heterocycles. The van der Waals surface area contributed by atoms with Gasteiger partial charge in [0.1, 0.15) is 0 Å². The van der Waals surface area contributed by atoms with Gasteiger partial charge in [0.15, 0.2) is 0 Å². The second-order valence-corrected chi connectivity index (χ2v) is 6.26. The Hall–Kier alpha value is -0.180. The van der Waals surface area contributed by atoms with Crippen molar-refractivity contribution in [3.8, 4) is 0 Å². The Bertz CT molecular complexity index is 352. The standard InChI is InChI=1S/C14H22ClNS/c1-4-10(2)9-17-13-6-5-12(7-11(3)16)14(15)8-13/h5-6,8,10-11H,4,7,9,16H2,1-3H3. The van der Waals surface area contributed by atoms with Crippen LogP contribution in [0.5, 0.6) is 0 Å². The molecule has 0 fully saturated rings. The summed E-state index contributed by atoms with van der Waals surface area (Å²) >= 11 is 8.13. The number of nitrogens with two attached hydrogens (primary N) is 1.